The number of aromatic nitrogens is 1. The molecule has 59 heavy (non-hydrogen) atoms. The highest BCUT2D eigenvalue weighted by Crippen LogP contribution is 2.46. The van der Waals surface area contributed by atoms with E-state index in [1.165, 1.54) is 11.0 Å². The number of fused-ring (bicyclic) bond motifs is 1. The van der Waals surface area contributed by atoms with Gasteiger partial charge in [0.15, 0.2) is 0 Å². The minimum Gasteiger partial charge on any atom is -0.497 e. The zero-order chi connectivity index (χ0) is 41.3. The summed E-state index contributed by atoms with van der Waals surface area (Å²) in [7, 11) is -2.33. The maximum atomic E-state index is 15.0. The highest BCUT2D eigenvalue weighted by Gasteiger charge is 2.62. The van der Waals surface area contributed by atoms with Crippen LogP contribution in [0.2, 0.25) is 0 Å². The predicted molar refractivity (Wildman–Crippen MR) is 222 cm³/mol. The third-order valence-corrected chi connectivity index (χ3v) is 13.8. The first kappa shape index (κ1) is 40.0. The maximum Gasteiger partial charge on any atom is 0.259 e. The smallest absolute Gasteiger partial charge is 0.259 e. The molecule has 4 amide bonds. The number of nitrogens with one attached hydrogen (secondary N) is 2. The second-order valence-electron chi connectivity index (χ2n) is 16.0. The second kappa shape index (κ2) is 16.5. The molecular formula is C45H49N5O8S. The number of hydrogen-bond acceptors (Lipinski definition) is 9. The Bertz CT molecular complexity index is 2370. The van der Waals surface area contributed by atoms with Gasteiger partial charge in [0.25, 0.3) is 5.91 Å². The Morgan fingerprint density at radius 3 is 2.34 bits per heavy atom. The molecule has 8 rings (SSSR count). The number of rotatable bonds is 14. The zero-order valence-corrected chi connectivity index (χ0v) is 33.9. The van der Waals surface area contributed by atoms with Crippen molar-refractivity contribution < 1.29 is 37.1 Å². The first-order chi connectivity index (χ1) is 28.5. The molecule has 4 aromatic rings. The Morgan fingerprint density at radius 2 is 1.68 bits per heavy atom. The van der Waals surface area contributed by atoms with Gasteiger partial charge in [0, 0.05) is 54.9 Å². The molecule has 0 spiro atoms. The topological polar surface area (TPSA) is 164 Å². The van der Waals surface area contributed by atoms with Crippen LogP contribution in [-0.4, -0.2) is 96.5 Å². The number of nitrogens with zero attached hydrogens (tertiary/aromatic N) is 3. The summed E-state index contributed by atoms with van der Waals surface area (Å²) in [6.07, 6.45) is 4.71. The van der Waals surface area contributed by atoms with E-state index in [4.69, 9.17) is 14.5 Å². The Morgan fingerprint density at radius 1 is 0.966 bits per heavy atom. The van der Waals surface area contributed by atoms with Crippen molar-refractivity contribution in [2.45, 2.75) is 80.2 Å². The summed E-state index contributed by atoms with van der Waals surface area (Å²) in [5.41, 5.74) is 1.23. The monoisotopic (exact) mass is 819 g/mol. The number of hydrogen-bond donors (Lipinski definition) is 2. The number of amides is 4. The van der Waals surface area contributed by atoms with Crippen molar-refractivity contribution in [3.05, 3.63) is 103 Å². The van der Waals surface area contributed by atoms with Crippen LogP contribution >= 0.6 is 0 Å². The van der Waals surface area contributed by atoms with Gasteiger partial charge in [-0.2, -0.15) is 0 Å². The number of carbonyl (C=O) groups is 4. The number of sulfonamides is 1. The van der Waals surface area contributed by atoms with Crippen molar-refractivity contribution in [2.24, 2.45) is 5.92 Å². The van der Waals surface area contributed by atoms with Crippen molar-refractivity contribution >= 4 is 44.6 Å². The van der Waals surface area contributed by atoms with Crippen LogP contribution in [0.1, 0.15) is 62.8 Å². The lowest BCUT2D eigenvalue weighted by Crippen LogP contribution is -2.57. The lowest BCUT2D eigenvalue weighted by atomic mass is 9.92. The molecule has 14 heteroatoms. The molecule has 2 saturated heterocycles. The van der Waals surface area contributed by atoms with Crippen LogP contribution in [0.3, 0.4) is 0 Å². The highest BCUT2D eigenvalue weighted by atomic mass is 32.2. The third-order valence-electron chi connectivity index (χ3n) is 12.0. The van der Waals surface area contributed by atoms with E-state index in [0.717, 1.165) is 24.8 Å². The van der Waals surface area contributed by atoms with E-state index in [1.54, 1.807) is 12.0 Å². The van der Waals surface area contributed by atoms with E-state index < -0.39 is 62.5 Å². The lowest BCUT2D eigenvalue weighted by Gasteiger charge is -2.31. The largest absolute Gasteiger partial charge is 0.497 e. The molecular weight excluding hydrogens is 771 g/mol. The van der Waals surface area contributed by atoms with Gasteiger partial charge in [-0.25, -0.2) is 13.4 Å². The van der Waals surface area contributed by atoms with Crippen LogP contribution in [-0.2, 0) is 29.2 Å². The number of ether oxygens (including phenoxy) is 2. The fourth-order valence-electron chi connectivity index (χ4n) is 8.41. The van der Waals surface area contributed by atoms with Gasteiger partial charge >= 0.3 is 0 Å². The number of likely N-dealkylation sites (tertiary alicyclic amines) is 2. The summed E-state index contributed by atoms with van der Waals surface area (Å²) in [6, 6.07) is 24.9. The minimum atomic E-state index is -3.91. The van der Waals surface area contributed by atoms with Crippen molar-refractivity contribution in [2.75, 3.05) is 26.7 Å². The lowest BCUT2D eigenvalue weighted by molar-refractivity contribution is -0.143. The van der Waals surface area contributed by atoms with Gasteiger partial charge in [-0.3, -0.25) is 23.9 Å². The van der Waals surface area contributed by atoms with Crippen LogP contribution in [0.15, 0.2) is 97.6 Å². The average molecular weight is 820 g/mol. The van der Waals surface area contributed by atoms with Gasteiger partial charge in [0.05, 0.1) is 36.0 Å². The van der Waals surface area contributed by atoms with Crippen molar-refractivity contribution in [3.8, 4) is 22.8 Å². The van der Waals surface area contributed by atoms with E-state index in [2.05, 4.69) is 16.6 Å². The molecule has 308 valence electrons. The molecule has 2 saturated carbocycles. The quantitative estimate of drug-likeness (QED) is 0.165. The van der Waals surface area contributed by atoms with E-state index >= 15 is 4.79 Å². The Kier molecular flexibility index (Phi) is 11.2. The summed E-state index contributed by atoms with van der Waals surface area (Å²) < 4.78 is 40.2. The van der Waals surface area contributed by atoms with Crippen LogP contribution in [0.25, 0.3) is 22.2 Å². The summed E-state index contributed by atoms with van der Waals surface area (Å²) in [5, 5.41) is 2.93. The fraction of sp³-hybridized carbons (Fsp3) is 0.400. The molecule has 2 aliphatic heterocycles. The first-order valence-electron chi connectivity index (χ1n) is 20.3. The Hall–Kier alpha value is -5.76. The molecule has 2 aliphatic carbocycles. The molecule has 4 aliphatic rings. The van der Waals surface area contributed by atoms with Crippen molar-refractivity contribution in [3.63, 3.8) is 0 Å². The van der Waals surface area contributed by atoms with E-state index in [9.17, 15) is 22.8 Å². The molecule has 13 nitrogen and oxygen atoms in total. The van der Waals surface area contributed by atoms with Crippen molar-refractivity contribution in [1.29, 1.82) is 0 Å². The number of piperidine rings is 1. The number of pyridine rings is 1. The van der Waals surface area contributed by atoms with Crippen LogP contribution < -0.4 is 19.5 Å². The summed E-state index contributed by atoms with van der Waals surface area (Å²) in [4.78, 5) is 65.3. The minimum absolute atomic E-state index is 0.00105. The summed E-state index contributed by atoms with van der Waals surface area (Å²) in [5.74, 6) is -2.33. The molecule has 0 bridgehead atoms. The van der Waals surface area contributed by atoms with Gasteiger partial charge in [0.1, 0.15) is 29.2 Å². The molecule has 0 radical (unpaired) electrons. The van der Waals surface area contributed by atoms with E-state index in [1.807, 2.05) is 84.9 Å². The average Bonchev–Trinajstić information content (AvgIpc) is 4.20. The number of methoxy groups -OCH3 is 1. The molecule has 3 aromatic carbocycles. The second-order valence-corrected chi connectivity index (χ2v) is 18.0. The van der Waals surface area contributed by atoms with Gasteiger partial charge in [0.2, 0.25) is 27.7 Å². The normalized spacial score (nSPS) is 23.2. The van der Waals surface area contributed by atoms with Crippen molar-refractivity contribution in [1.82, 2.24) is 24.8 Å². The van der Waals surface area contributed by atoms with Gasteiger partial charge in [-0.15, -0.1) is 6.58 Å². The predicted octanol–water partition coefficient (Wildman–Crippen LogP) is 5.11. The maximum absolute atomic E-state index is 15.0. The fourth-order valence-corrected chi connectivity index (χ4v) is 9.78. The molecule has 1 unspecified atom stereocenters. The van der Waals surface area contributed by atoms with Gasteiger partial charge < -0.3 is 24.6 Å². The van der Waals surface area contributed by atoms with E-state index in [0.29, 0.717) is 59.6 Å². The number of benzene rings is 3. The number of carbonyl (C=O) groups excluding carboxylic acids is 4. The molecule has 2 N–H and O–H groups in total. The molecule has 3 heterocycles. The SMILES string of the molecule is C=C[C@H]1C[C@]1(NC(=O)[C@@H]1C[C@@H](Oc2cc(-c3ccccc3)nc3cc(OC)ccc23)CN1C(=O)C(CC(=O)N1CCCCC1)c1ccccc1)C(=O)NS(=O)(=O)C1CC1. The summed E-state index contributed by atoms with van der Waals surface area (Å²) in [6.45, 7) is 5.08. The molecule has 4 fully saturated rings. The third kappa shape index (κ3) is 8.41. The Balaban J connectivity index is 1.13. The Labute approximate surface area is 344 Å². The van der Waals surface area contributed by atoms with Gasteiger partial charge in [-0.1, -0.05) is 66.7 Å². The zero-order valence-electron chi connectivity index (χ0n) is 33.0. The van der Waals surface area contributed by atoms with Gasteiger partial charge in [-0.05, 0) is 56.2 Å². The van der Waals surface area contributed by atoms with E-state index in [-0.39, 0.29) is 31.7 Å². The summed E-state index contributed by atoms with van der Waals surface area (Å²) >= 11 is 0. The van der Waals surface area contributed by atoms with Crippen LogP contribution in [0.5, 0.6) is 11.5 Å². The standard InChI is InChI=1S/C45H49N5O8S/c1-3-31-27-45(31,44(54)48-59(55,56)34-18-19-34)47-42(52)39-24-33(58-40-26-37(30-15-9-5-10-16-30)46-38-23-32(57-2)17-20-35(38)40)28-50(39)43(53)36(29-13-7-4-8-14-29)25-41(51)49-21-11-6-12-22-49/h3-5,7-10,13-17,20,23,26,31,33-34,36,39H,1,6,11-12,18-19,21-22,24-25,27-28H2,2H3,(H,47,52)(H,48,54)/t31-,33+,36?,39-,45+/m0/s1. The molecule has 5 atom stereocenters. The van der Waals surface area contributed by atoms with Crippen LogP contribution in [0, 0.1) is 5.92 Å². The van der Waals surface area contributed by atoms with Crippen LogP contribution in [0.4, 0.5) is 0 Å². The first-order valence-corrected chi connectivity index (χ1v) is 21.9. The molecule has 1 aromatic heterocycles. The highest BCUT2D eigenvalue weighted by molar-refractivity contribution is 7.91.